The molecule has 1 N–H and O–H groups in total. The highest BCUT2D eigenvalue weighted by Gasteiger charge is 2.34. The number of aromatic nitrogens is 4. The standard InChI is InChI=1S/C11H11F3N4S/c1-2-3-18-6-7(5-15-18)8-4-9(19)17-10(16-8)11(12,13)14/h4-6H,2-3H2,1H3,(H,16,17,19). The van der Waals surface area contributed by atoms with Gasteiger partial charge in [0.25, 0.3) is 0 Å². The lowest BCUT2D eigenvalue weighted by Crippen LogP contribution is -2.11. The van der Waals surface area contributed by atoms with Crippen molar-refractivity contribution in [2.24, 2.45) is 0 Å². The minimum atomic E-state index is -4.55. The van der Waals surface area contributed by atoms with Gasteiger partial charge in [-0.2, -0.15) is 18.3 Å². The Morgan fingerprint density at radius 1 is 1.42 bits per heavy atom. The van der Waals surface area contributed by atoms with Gasteiger partial charge in [-0.05, 0) is 12.5 Å². The molecule has 0 aliphatic carbocycles. The molecular weight excluding hydrogens is 277 g/mol. The molecule has 0 aliphatic heterocycles. The van der Waals surface area contributed by atoms with Crippen LogP contribution in [-0.2, 0) is 12.7 Å². The van der Waals surface area contributed by atoms with Crippen LogP contribution in [-0.4, -0.2) is 19.7 Å². The minimum absolute atomic E-state index is 0.107. The lowest BCUT2D eigenvalue weighted by molar-refractivity contribution is -0.144. The van der Waals surface area contributed by atoms with Crippen LogP contribution in [0.4, 0.5) is 13.2 Å². The zero-order chi connectivity index (χ0) is 14.0. The molecule has 8 heteroatoms. The van der Waals surface area contributed by atoms with Gasteiger partial charge >= 0.3 is 6.18 Å². The minimum Gasteiger partial charge on any atom is -0.335 e. The van der Waals surface area contributed by atoms with E-state index in [1.807, 2.05) is 6.92 Å². The summed E-state index contributed by atoms with van der Waals surface area (Å²) < 4.78 is 39.4. The van der Waals surface area contributed by atoms with Crippen LogP contribution in [0.15, 0.2) is 18.5 Å². The predicted molar refractivity (Wildman–Crippen MR) is 65.9 cm³/mol. The fourth-order valence-electron chi connectivity index (χ4n) is 1.60. The van der Waals surface area contributed by atoms with Crippen molar-refractivity contribution >= 4 is 12.2 Å². The van der Waals surface area contributed by atoms with E-state index >= 15 is 0 Å². The van der Waals surface area contributed by atoms with Crippen LogP contribution in [0.1, 0.15) is 19.2 Å². The Morgan fingerprint density at radius 3 is 2.79 bits per heavy atom. The molecule has 0 saturated heterocycles. The van der Waals surface area contributed by atoms with Gasteiger partial charge in [0.2, 0.25) is 5.82 Å². The van der Waals surface area contributed by atoms with Gasteiger partial charge in [0, 0.05) is 18.3 Å². The lowest BCUT2D eigenvalue weighted by Gasteiger charge is -2.07. The van der Waals surface area contributed by atoms with Crippen molar-refractivity contribution in [2.75, 3.05) is 0 Å². The van der Waals surface area contributed by atoms with Crippen LogP contribution < -0.4 is 0 Å². The molecule has 0 amide bonds. The number of aromatic amines is 1. The number of nitrogens with zero attached hydrogens (tertiary/aromatic N) is 3. The van der Waals surface area contributed by atoms with Gasteiger partial charge in [0.05, 0.1) is 11.9 Å². The van der Waals surface area contributed by atoms with E-state index in [2.05, 4.69) is 15.1 Å². The zero-order valence-corrected chi connectivity index (χ0v) is 10.8. The molecule has 0 radical (unpaired) electrons. The van der Waals surface area contributed by atoms with Crippen molar-refractivity contribution < 1.29 is 13.2 Å². The van der Waals surface area contributed by atoms with Crippen molar-refractivity contribution in [3.8, 4) is 11.3 Å². The van der Waals surface area contributed by atoms with Crippen molar-refractivity contribution in [1.82, 2.24) is 19.7 Å². The third-order valence-corrected chi connectivity index (χ3v) is 2.62. The van der Waals surface area contributed by atoms with Gasteiger partial charge in [-0.3, -0.25) is 4.68 Å². The highest BCUT2D eigenvalue weighted by Crippen LogP contribution is 2.27. The molecule has 0 fully saturated rings. The number of aryl methyl sites for hydroxylation is 1. The highest BCUT2D eigenvalue weighted by atomic mass is 32.1. The topological polar surface area (TPSA) is 46.5 Å². The molecule has 0 spiro atoms. The summed E-state index contributed by atoms with van der Waals surface area (Å²) in [5.41, 5.74) is 0.808. The van der Waals surface area contributed by atoms with Gasteiger partial charge in [-0.1, -0.05) is 19.1 Å². The van der Waals surface area contributed by atoms with Gasteiger partial charge < -0.3 is 4.98 Å². The largest absolute Gasteiger partial charge is 0.449 e. The summed E-state index contributed by atoms with van der Waals surface area (Å²) in [5, 5.41) is 4.06. The smallest absolute Gasteiger partial charge is 0.335 e. The average Bonchev–Trinajstić information content (AvgIpc) is 2.76. The number of nitrogens with one attached hydrogen (secondary N) is 1. The first-order valence-electron chi connectivity index (χ1n) is 5.61. The number of hydrogen-bond donors (Lipinski definition) is 1. The predicted octanol–water partition coefficient (Wildman–Crippen LogP) is 3.43. The molecule has 0 unspecified atom stereocenters. The summed E-state index contributed by atoms with van der Waals surface area (Å²) in [4.78, 5) is 5.52. The summed E-state index contributed by atoms with van der Waals surface area (Å²) >= 11 is 4.76. The third-order valence-electron chi connectivity index (χ3n) is 2.41. The summed E-state index contributed by atoms with van der Waals surface area (Å²) in [5.74, 6) is -1.10. The Balaban J connectivity index is 2.44. The lowest BCUT2D eigenvalue weighted by atomic mass is 10.2. The van der Waals surface area contributed by atoms with E-state index in [-0.39, 0.29) is 10.3 Å². The van der Waals surface area contributed by atoms with Crippen LogP contribution in [0, 0.1) is 4.64 Å². The third kappa shape index (κ3) is 3.19. The monoisotopic (exact) mass is 288 g/mol. The molecule has 4 nitrogen and oxygen atoms in total. The maximum Gasteiger partial charge on any atom is 0.449 e. The van der Waals surface area contributed by atoms with Gasteiger partial charge in [-0.25, -0.2) is 4.98 Å². The van der Waals surface area contributed by atoms with E-state index in [0.717, 1.165) is 6.42 Å². The first-order chi connectivity index (χ1) is 8.90. The maximum absolute atomic E-state index is 12.6. The van der Waals surface area contributed by atoms with Crippen molar-refractivity contribution in [3.05, 3.63) is 28.9 Å². The van der Waals surface area contributed by atoms with Crippen molar-refractivity contribution in [2.45, 2.75) is 26.1 Å². The Labute approximate surface area is 112 Å². The number of halogens is 3. The molecular formula is C11H11F3N4S. The van der Waals surface area contributed by atoms with E-state index in [1.54, 1.807) is 10.9 Å². The molecule has 19 heavy (non-hydrogen) atoms. The Morgan fingerprint density at radius 2 is 2.16 bits per heavy atom. The highest BCUT2D eigenvalue weighted by molar-refractivity contribution is 7.71. The van der Waals surface area contributed by atoms with Crippen molar-refractivity contribution in [1.29, 1.82) is 0 Å². The van der Waals surface area contributed by atoms with Crippen LogP contribution in [0.2, 0.25) is 0 Å². The number of hydrogen-bond acceptors (Lipinski definition) is 3. The van der Waals surface area contributed by atoms with Crippen LogP contribution in [0.5, 0.6) is 0 Å². The molecule has 0 bridgehead atoms. The summed E-state index contributed by atoms with van der Waals surface area (Å²) in [6.45, 7) is 2.70. The quantitative estimate of drug-likeness (QED) is 0.880. The molecule has 0 aromatic carbocycles. The SMILES string of the molecule is CCCn1cc(-c2cc(=S)nc(C(F)(F)F)[nH]2)cn1. The second-order valence-corrected chi connectivity index (χ2v) is 4.39. The number of alkyl halides is 3. The summed E-state index contributed by atoms with van der Waals surface area (Å²) in [7, 11) is 0. The second-order valence-electron chi connectivity index (χ2n) is 3.97. The molecule has 2 rings (SSSR count). The fraction of sp³-hybridized carbons (Fsp3) is 0.364. The van der Waals surface area contributed by atoms with Gasteiger partial charge in [-0.15, -0.1) is 0 Å². The van der Waals surface area contributed by atoms with Gasteiger partial charge in [0.15, 0.2) is 0 Å². The molecule has 2 aromatic heterocycles. The van der Waals surface area contributed by atoms with E-state index in [0.29, 0.717) is 12.1 Å². The maximum atomic E-state index is 12.6. The number of H-pyrrole nitrogens is 1. The van der Waals surface area contributed by atoms with E-state index < -0.39 is 12.0 Å². The van der Waals surface area contributed by atoms with E-state index in [1.165, 1.54) is 12.3 Å². The first kappa shape index (κ1) is 13.7. The van der Waals surface area contributed by atoms with E-state index in [9.17, 15) is 13.2 Å². The average molecular weight is 288 g/mol. The Kier molecular flexibility index (Phi) is 3.70. The Hall–Kier alpha value is -1.70. The van der Waals surface area contributed by atoms with Crippen LogP contribution in [0.25, 0.3) is 11.3 Å². The van der Waals surface area contributed by atoms with Crippen LogP contribution in [0.3, 0.4) is 0 Å². The normalized spacial score (nSPS) is 11.8. The second kappa shape index (κ2) is 5.12. The molecule has 2 heterocycles. The van der Waals surface area contributed by atoms with Gasteiger partial charge in [0.1, 0.15) is 4.64 Å². The number of rotatable bonds is 3. The fourth-order valence-corrected chi connectivity index (χ4v) is 1.81. The molecule has 0 aliphatic rings. The molecule has 102 valence electrons. The molecule has 0 saturated carbocycles. The van der Waals surface area contributed by atoms with Crippen LogP contribution >= 0.6 is 12.2 Å². The van der Waals surface area contributed by atoms with Crippen molar-refractivity contribution in [3.63, 3.8) is 0 Å². The molecule has 2 aromatic rings. The summed E-state index contributed by atoms with van der Waals surface area (Å²) in [6, 6.07) is 1.39. The first-order valence-corrected chi connectivity index (χ1v) is 6.02. The van der Waals surface area contributed by atoms with E-state index in [4.69, 9.17) is 12.2 Å². The zero-order valence-electron chi connectivity index (χ0n) is 10.0. The molecule has 0 atom stereocenters. The Bertz CT molecular complexity index is 629. The summed E-state index contributed by atoms with van der Waals surface area (Å²) in [6.07, 6.45) is -0.495.